The predicted molar refractivity (Wildman–Crippen MR) is 105 cm³/mol. The lowest BCUT2D eigenvalue weighted by molar-refractivity contribution is -0.135. The van der Waals surface area contributed by atoms with Crippen LogP contribution in [0.5, 0.6) is 0 Å². The first kappa shape index (κ1) is 19.4. The molecular formula is C20H24N2O4S. The first-order valence-corrected chi connectivity index (χ1v) is 10.9. The molecule has 0 saturated carbocycles. The van der Waals surface area contributed by atoms with E-state index in [0.29, 0.717) is 13.0 Å². The maximum absolute atomic E-state index is 12.7. The van der Waals surface area contributed by atoms with Gasteiger partial charge in [-0.05, 0) is 29.7 Å². The molecule has 1 fully saturated rings. The van der Waals surface area contributed by atoms with E-state index in [1.165, 1.54) is 4.90 Å². The summed E-state index contributed by atoms with van der Waals surface area (Å²) in [6.07, 6.45) is 0.657. The van der Waals surface area contributed by atoms with Gasteiger partial charge in [0, 0.05) is 12.6 Å². The van der Waals surface area contributed by atoms with Crippen molar-refractivity contribution in [2.75, 3.05) is 24.6 Å². The minimum absolute atomic E-state index is 0.0190. The van der Waals surface area contributed by atoms with Gasteiger partial charge in [0.15, 0.2) is 9.84 Å². The molecule has 7 heteroatoms. The molecule has 0 unspecified atom stereocenters. The molecule has 1 aliphatic heterocycles. The highest BCUT2D eigenvalue weighted by Gasteiger charge is 2.29. The van der Waals surface area contributed by atoms with E-state index in [1.54, 1.807) is 0 Å². The van der Waals surface area contributed by atoms with Gasteiger partial charge in [-0.15, -0.1) is 0 Å². The van der Waals surface area contributed by atoms with Crippen molar-refractivity contribution >= 4 is 32.4 Å². The standard InChI is InChI=1S/C20H24N2O4S/c1-2-22(13-19(23)21-17-10-11-27(25,26)14-17)20(24)12-16-8-5-7-15-6-3-4-9-18(15)16/h3-9,17H,2,10-14H2,1H3,(H,21,23)/t17-/m0/s1. The zero-order chi connectivity index (χ0) is 19.4. The van der Waals surface area contributed by atoms with Gasteiger partial charge in [-0.25, -0.2) is 8.42 Å². The van der Waals surface area contributed by atoms with Gasteiger partial charge < -0.3 is 10.2 Å². The first-order chi connectivity index (χ1) is 12.9. The van der Waals surface area contributed by atoms with Crippen molar-refractivity contribution in [1.29, 1.82) is 0 Å². The van der Waals surface area contributed by atoms with E-state index in [4.69, 9.17) is 0 Å². The molecule has 0 bridgehead atoms. The van der Waals surface area contributed by atoms with Gasteiger partial charge in [0.05, 0.1) is 24.5 Å². The van der Waals surface area contributed by atoms with Crippen LogP contribution in [0.4, 0.5) is 0 Å². The summed E-state index contributed by atoms with van der Waals surface area (Å²) in [4.78, 5) is 26.5. The molecule has 6 nitrogen and oxygen atoms in total. The van der Waals surface area contributed by atoms with Crippen LogP contribution < -0.4 is 5.32 Å². The molecule has 1 saturated heterocycles. The SMILES string of the molecule is CCN(CC(=O)N[C@H]1CCS(=O)(=O)C1)C(=O)Cc1cccc2ccccc12. The van der Waals surface area contributed by atoms with Gasteiger partial charge in [0.2, 0.25) is 11.8 Å². The fourth-order valence-electron chi connectivity index (χ4n) is 3.45. The third-order valence-electron chi connectivity index (χ3n) is 4.89. The molecule has 1 heterocycles. The second-order valence-electron chi connectivity index (χ2n) is 6.89. The van der Waals surface area contributed by atoms with Crippen LogP contribution in [0.3, 0.4) is 0 Å². The summed E-state index contributed by atoms with van der Waals surface area (Å²) in [7, 11) is -3.05. The van der Waals surface area contributed by atoms with Crippen molar-refractivity contribution < 1.29 is 18.0 Å². The topological polar surface area (TPSA) is 83.6 Å². The minimum Gasteiger partial charge on any atom is -0.351 e. The fraction of sp³-hybridized carbons (Fsp3) is 0.400. The van der Waals surface area contributed by atoms with E-state index in [-0.39, 0.29) is 42.3 Å². The lowest BCUT2D eigenvalue weighted by Crippen LogP contribution is -2.45. The summed E-state index contributed by atoms with van der Waals surface area (Å²) >= 11 is 0. The van der Waals surface area contributed by atoms with Crippen molar-refractivity contribution in [2.45, 2.75) is 25.8 Å². The Labute approximate surface area is 159 Å². The second-order valence-corrected chi connectivity index (χ2v) is 9.12. The summed E-state index contributed by atoms with van der Waals surface area (Å²) in [5, 5.41) is 4.84. The van der Waals surface area contributed by atoms with Crippen molar-refractivity contribution in [3.05, 3.63) is 48.0 Å². The molecule has 144 valence electrons. The molecule has 1 atom stereocenters. The van der Waals surface area contributed by atoms with Crippen LogP contribution in [0.25, 0.3) is 10.8 Å². The highest BCUT2D eigenvalue weighted by Crippen LogP contribution is 2.19. The summed E-state index contributed by atoms with van der Waals surface area (Å²) in [5.74, 6) is -0.349. The molecular weight excluding hydrogens is 364 g/mol. The molecule has 0 aliphatic carbocycles. The molecule has 1 N–H and O–H groups in total. The molecule has 3 rings (SSSR count). The van der Waals surface area contributed by atoms with E-state index in [1.807, 2.05) is 49.4 Å². The van der Waals surface area contributed by atoms with Gasteiger partial charge >= 0.3 is 0 Å². The summed E-state index contributed by atoms with van der Waals surface area (Å²) < 4.78 is 23.0. The highest BCUT2D eigenvalue weighted by atomic mass is 32.2. The molecule has 2 amide bonds. The zero-order valence-electron chi connectivity index (χ0n) is 15.3. The summed E-state index contributed by atoms with van der Waals surface area (Å²) in [6, 6.07) is 13.4. The van der Waals surface area contributed by atoms with Crippen LogP contribution in [0.1, 0.15) is 18.9 Å². The van der Waals surface area contributed by atoms with Crippen LogP contribution in [0.15, 0.2) is 42.5 Å². The minimum atomic E-state index is -3.05. The van der Waals surface area contributed by atoms with Crippen LogP contribution in [-0.4, -0.2) is 55.8 Å². The number of hydrogen-bond donors (Lipinski definition) is 1. The lowest BCUT2D eigenvalue weighted by Gasteiger charge is -2.22. The average Bonchev–Trinajstić information content (AvgIpc) is 2.98. The molecule has 2 aromatic rings. The second kappa shape index (κ2) is 8.08. The number of carbonyl (C=O) groups is 2. The number of carbonyl (C=O) groups excluding carboxylic acids is 2. The molecule has 1 aliphatic rings. The third kappa shape index (κ3) is 4.86. The van der Waals surface area contributed by atoms with Crippen LogP contribution in [0.2, 0.25) is 0 Å². The van der Waals surface area contributed by atoms with Crippen LogP contribution >= 0.6 is 0 Å². The van der Waals surface area contributed by atoms with E-state index in [2.05, 4.69) is 5.32 Å². The van der Waals surface area contributed by atoms with E-state index in [9.17, 15) is 18.0 Å². The predicted octanol–water partition coefficient (Wildman–Crippen LogP) is 1.53. The van der Waals surface area contributed by atoms with Crippen molar-refractivity contribution in [3.8, 4) is 0 Å². The largest absolute Gasteiger partial charge is 0.351 e. The quantitative estimate of drug-likeness (QED) is 0.814. The Morgan fingerprint density at radius 2 is 1.89 bits per heavy atom. The molecule has 0 aromatic heterocycles. The van der Waals surface area contributed by atoms with Crippen molar-refractivity contribution in [3.63, 3.8) is 0 Å². The number of fused-ring (bicyclic) bond motifs is 1. The van der Waals surface area contributed by atoms with E-state index >= 15 is 0 Å². The van der Waals surface area contributed by atoms with Gasteiger partial charge in [0.1, 0.15) is 0 Å². The Hall–Kier alpha value is -2.41. The molecule has 2 aromatic carbocycles. The monoisotopic (exact) mass is 388 g/mol. The van der Waals surface area contributed by atoms with Gasteiger partial charge in [0.25, 0.3) is 0 Å². The zero-order valence-corrected chi connectivity index (χ0v) is 16.2. The highest BCUT2D eigenvalue weighted by molar-refractivity contribution is 7.91. The number of amides is 2. The number of hydrogen-bond acceptors (Lipinski definition) is 4. The third-order valence-corrected chi connectivity index (χ3v) is 6.66. The van der Waals surface area contributed by atoms with E-state index < -0.39 is 9.84 Å². The number of rotatable bonds is 6. The molecule has 0 radical (unpaired) electrons. The maximum atomic E-state index is 12.7. The van der Waals surface area contributed by atoms with E-state index in [0.717, 1.165) is 16.3 Å². The van der Waals surface area contributed by atoms with Crippen LogP contribution in [-0.2, 0) is 25.8 Å². The van der Waals surface area contributed by atoms with Gasteiger partial charge in [-0.1, -0.05) is 42.5 Å². The van der Waals surface area contributed by atoms with Crippen molar-refractivity contribution in [2.24, 2.45) is 0 Å². The molecule has 0 spiro atoms. The Balaban J connectivity index is 1.63. The molecule has 27 heavy (non-hydrogen) atoms. The lowest BCUT2D eigenvalue weighted by atomic mass is 10.0. The summed E-state index contributed by atoms with van der Waals surface area (Å²) in [6.45, 7) is 2.19. The average molecular weight is 388 g/mol. The van der Waals surface area contributed by atoms with Crippen LogP contribution in [0, 0.1) is 0 Å². The Kier molecular flexibility index (Phi) is 5.79. The Morgan fingerprint density at radius 1 is 1.15 bits per heavy atom. The smallest absolute Gasteiger partial charge is 0.239 e. The Morgan fingerprint density at radius 3 is 2.59 bits per heavy atom. The number of likely N-dealkylation sites (N-methyl/N-ethyl adjacent to an activating group) is 1. The summed E-state index contributed by atoms with van der Waals surface area (Å²) in [5.41, 5.74) is 0.929. The maximum Gasteiger partial charge on any atom is 0.239 e. The number of nitrogens with one attached hydrogen (secondary N) is 1. The number of benzene rings is 2. The number of nitrogens with zero attached hydrogens (tertiary/aromatic N) is 1. The number of sulfone groups is 1. The van der Waals surface area contributed by atoms with Gasteiger partial charge in [-0.2, -0.15) is 0 Å². The Bertz CT molecular complexity index is 950. The van der Waals surface area contributed by atoms with Gasteiger partial charge in [-0.3, -0.25) is 9.59 Å². The fourth-order valence-corrected chi connectivity index (χ4v) is 5.13. The normalized spacial score (nSPS) is 18.3. The first-order valence-electron chi connectivity index (χ1n) is 9.12. The van der Waals surface area contributed by atoms with Crippen molar-refractivity contribution in [1.82, 2.24) is 10.2 Å².